The van der Waals surface area contributed by atoms with Crippen LogP contribution in [0.1, 0.15) is 17.5 Å². The molecule has 1 aliphatic heterocycles. The van der Waals surface area contributed by atoms with Crippen molar-refractivity contribution in [2.45, 2.75) is 25.7 Å². The zero-order valence-electron chi connectivity index (χ0n) is 17.0. The van der Waals surface area contributed by atoms with E-state index in [1.165, 1.54) is 18.6 Å². The third kappa shape index (κ3) is 6.58. The van der Waals surface area contributed by atoms with Gasteiger partial charge in [-0.2, -0.15) is 8.42 Å². The number of aromatic nitrogens is 2. The summed E-state index contributed by atoms with van der Waals surface area (Å²) in [6.45, 7) is 0.914. The fraction of sp³-hybridized carbons (Fsp3) is 0.450. The molecule has 2 aromatic rings. The number of aryl methyl sites for hydroxylation is 2. The van der Waals surface area contributed by atoms with Gasteiger partial charge in [-0.15, -0.1) is 0 Å². The average molecular weight is 454 g/mol. The molecule has 1 N–H and O–H groups in total. The van der Waals surface area contributed by atoms with E-state index in [1.54, 1.807) is 12.1 Å². The molecule has 31 heavy (non-hydrogen) atoms. The number of anilines is 1. The molecule has 0 saturated carbocycles. The Morgan fingerprint density at radius 2 is 2.03 bits per heavy atom. The van der Waals surface area contributed by atoms with Gasteiger partial charge < -0.3 is 14.4 Å². The Hall–Kier alpha value is -2.82. The summed E-state index contributed by atoms with van der Waals surface area (Å²) in [6, 6.07) is 7.26. The highest BCUT2D eigenvalue weighted by molar-refractivity contribution is 7.87. The van der Waals surface area contributed by atoms with Crippen molar-refractivity contribution in [3.8, 4) is 0 Å². The Morgan fingerprint density at radius 3 is 2.68 bits per heavy atom. The van der Waals surface area contributed by atoms with Crippen molar-refractivity contribution < 1.29 is 26.2 Å². The molecule has 0 unspecified atom stereocenters. The minimum atomic E-state index is -4.20. The number of hydrogen-bond donors (Lipinski definition) is 1. The number of likely N-dealkylation sites (tertiary alicyclic amines) is 1. The summed E-state index contributed by atoms with van der Waals surface area (Å²) >= 11 is 0. The number of amides is 1. The molecule has 1 aliphatic rings. The van der Waals surface area contributed by atoms with Crippen LogP contribution in [0.15, 0.2) is 42.9 Å². The normalized spacial score (nSPS) is 18.4. The van der Waals surface area contributed by atoms with E-state index in [-0.39, 0.29) is 25.9 Å². The maximum absolute atomic E-state index is 14.5. The second-order valence-corrected chi connectivity index (χ2v) is 9.18. The van der Waals surface area contributed by atoms with Crippen molar-refractivity contribution in [1.82, 2.24) is 14.9 Å². The van der Waals surface area contributed by atoms with Crippen LogP contribution in [-0.4, -0.2) is 60.7 Å². The predicted molar refractivity (Wildman–Crippen MR) is 110 cm³/mol. The van der Waals surface area contributed by atoms with E-state index in [4.69, 9.17) is 0 Å². The molecule has 1 aromatic heterocycles. The Bertz CT molecular complexity index is 988. The van der Waals surface area contributed by atoms with Gasteiger partial charge in [-0.05, 0) is 25.3 Å². The number of benzene rings is 1. The molecule has 0 radical (unpaired) electrons. The minimum Gasteiger partial charge on any atom is -0.368 e. The number of carbonyl (C=O) groups excluding carboxylic acids is 1. The van der Waals surface area contributed by atoms with Crippen LogP contribution in [0.5, 0.6) is 0 Å². The van der Waals surface area contributed by atoms with Gasteiger partial charge in [0.2, 0.25) is 0 Å². The summed E-state index contributed by atoms with van der Waals surface area (Å²) in [6.07, 6.45) is 3.20. The number of carbonyl (C=O) groups is 1. The second-order valence-electron chi connectivity index (χ2n) is 7.49. The molecule has 0 spiro atoms. The molecule has 3 rings (SSSR count). The van der Waals surface area contributed by atoms with Gasteiger partial charge in [0, 0.05) is 31.4 Å². The van der Waals surface area contributed by atoms with E-state index in [9.17, 15) is 22.0 Å². The molecule has 0 aliphatic carbocycles. The standard InChI is InChI=1S/C20H24F2N4O4S/c1-15-2-4-16(5-3-15)7-11-31(28,29)30-19(27)26-10-6-17(20(21,22)14-26)12-25-18-13-23-8-9-24-18/h2-5,8-9,13,17H,6-7,10-12,14H2,1H3,(H,24,25)/t17-/m1/s1. The van der Waals surface area contributed by atoms with Crippen molar-refractivity contribution in [2.75, 3.05) is 30.7 Å². The minimum absolute atomic E-state index is 0.0151. The van der Waals surface area contributed by atoms with Gasteiger partial charge in [-0.1, -0.05) is 29.8 Å². The summed E-state index contributed by atoms with van der Waals surface area (Å²) in [4.78, 5) is 20.8. The fourth-order valence-electron chi connectivity index (χ4n) is 3.21. The molecule has 1 atom stereocenters. The Kier molecular flexibility index (Phi) is 7.04. The first-order valence-electron chi connectivity index (χ1n) is 9.79. The lowest BCUT2D eigenvalue weighted by Crippen LogP contribution is -2.52. The monoisotopic (exact) mass is 454 g/mol. The Labute approximate surface area is 179 Å². The molecule has 168 valence electrons. The van der Waals surface area contributed by atoms with E-state index in [1.807, 2.05) is 19.1 Å². The maximum atomic E-state index is 14.5. The third-order valence-corrected chi connectivity index (χ3v) is 6.16. The molecule has 8 nitrogen and oxygen atoms in total. The maximum Gasteiger partial charge on any atom is 0.425 e. The SMILES string of the molecule is Cc1ccc(CCS(=O)(=O)OC(=O)N2CC[C@H](CNc3cnccn3)C(F)(F)C2)cc1. The van der Waals surface area contributed by atoms with Crippen LogP contribution in [0, 0.1) is 12.8 Å². The number of piperidine rings is 1. The molecule has 1 amide bonds. The van der Waals surface area contributed by atoms with Crippen molar-refractivity contribution in [2.24, 2.45) is 5.92 Å². The van der Waals surface area contributed by atoms with Crippen LogP contribution >= 0.6 is 0 Å². The zero-order chi connectivity index (χ0) is 22.5. The first-order valence-corrected chi connectivity index (χ1v) is 11.4. The van der Waals surface area contributed by atoms with Crippen molar-refractivity contribution in [3.63, 3.8) is 0 Å². The first-order chi connectivity index (χ1) is 14.6. The summed E-state index contributed by atoms with van der Waals surface area (Å²) in [5, 5.41) is 2.80. The number of halogens is 2. The van der Waals surface area contributed by atoms with Gasteiger partial charge in [0.05, 0.1) is 18.5 Å². The summed E-state index contributed by atoms with van der Waals surface area (Å²) in [5.41, 5.74) is 1.81. The second kappa shape index (κ2) is 9.54. The van der Waals surface area contributed by atoms with Crippen molar-refractivity contribution in [1.29, 1.82) is 0 Å². The molecule has 11 heteroatoms. The van der Waals surface area contributed by atoms with E-state index >= 15 is 0 Å². The van der Waals surface area contributed by atoms with Gasteiger partial charge in [-0.25, -0.2) is 18.6 Å². The highest BCUT2D eigenvalue weighted by Gasteiger charge is 2.46. The van der Waals surface area contributed by atoms with Crippen LogP contribution in [0.4, 0.5) is 19.4 Å². The number of rotatable bonds is 7. The molecular weight excluding hydrogens is 430 g/mol. The van der Waals surface area contributed by atoms with Crippen LogP contribution < -0.4 is 5.32 Å². The lowest BCUT2D eigenvalue weighted by atomic mass is 9.93. The zero-order valence-corrected chi connectivity index (χ0v) is 17.8. The van der Waals surface area contributed by atoms with Gasteiger partial charge >= 0.3 is 16.2 Å². The number of nitrogens with one attached hydrogen (secondary N) is 1. The summed E-state index contributed by atoms with van der Waals surface area (Å²) in [7, 11) is -4.20. The predicted octanol–water partition coefficient (Wildman–Crippen LogP) is 2.86. The Balaban J connectivity index is 1.51. The van der Waals surface area contributed by atoms with Crippen LogP contribution in [0.2, 0.25) is 0 Å². The lowest BCUT2D eigenvalue weighted by molar-refractivity contribution is -0.0984. The molecular formula is C20H24F2N4O4S. The summed E-state index contributed by atoms with van der Waals surface area (Å²) < 4.78 is 57.9. The number of hydrogen-bond acceptors (Lipinski definition) is 7. The molecule has 1 saturated heterocycles. The van der Waals surface area contributed by atoms with Gasteiger partial charge in [0.1, 0.15) is 5.82 Å². The Morgan fingerprint density at radius 1 is 1.29 bits per heavy atom. The van der Waals surface area contributed by atoms with Crippen LogP contribution in [0.25, 0.3) is 0 Å². The number of alkyl halides is 2. The fourth-order valence-corrected chi connectivity index (χ4v) is 4.10. The highest BCUT2D eigenvalue weighted by Crippen LogP contribution is 2.33. The van der Waals surface area contributed by atoms with Gasteiger partial charge in [0.25, 0.3) is 5.92 Å². The van der Waals surface area contributed by atoms with E-state index in [0.29, 0.717) is 5.82 Å². The first kappa shape index (κ1) is 22.9. The van der Waals surface area contributed by atoms with E-state index in [0.717, 1.165) is 16.0 Å². The molecule has 2 heterocycles. The molecule has 0 bridgehead atoms. The molecule has 1 fully saturated rings. The van der Waals surface area contributed by atoms with Gasteiger partial charge in [0.15, 0.2) is 0 Å². The van der Waals surface area contributed by atoms with Gasteiger partial charge in [-0.3, -0.25) is 4.98 Å². The van der Waals surface area contributed by atoms with E-state index < -0.39 is 40.3 Å². The highest BCUT2D eigenvalue weighted by atomic mass is 32.2. The van der Waals surface area contributed by atoms with E-state index in [2.05, 4.69) is 19.5 Å². The molecule has 1 aromatic carbocycles. The van der Waals surface area contributed by atoms with Crippen LogP contribution in [0.3, 0.4) is 0 Å². The average Bonchev–Trinajstić information content (AvgIpc) is 2.72. The lowest BCUT2D eigenvalue weighted by Gasteiger charge is -2.37. The largest absolute Gasteiger partial charge is 0.425 e. The number of nitrogens with zero attached hydrogens (tertiary/aromatic N) is 3. The van der Waals surface area contributed by atoms with Crippen LogP contribution in [-0.2, 0) is 20.7 Å². The summed E-state index contributed by atoms with van der Waals surface area (Å²) in [5.74, 6) is -4.30. The van der Waals surface area contributed by atoms with Crippen molar-refractivity contribution >= 4 is 22.0 Å². The topological polar surface area (TPSA) is 101 Å². The third-order valence-electron chi connectivity index (χ3n) is 5.06. The van der Waals surface area contributed by atoms with Crippen molar-refractivity contribution in [3.05, 3.63) is 54.0 Å². The quantitative estimate of drug-likeness (QED) is 0.642. The smallest absolute Gasteiger partial charge is 0.368 e.